The highest BCUT2D eigenvalue weighted by Gasteiger charge is 2.46. The van der Waals surface area contributed by atoms with E-state index in [9.17, 15) is 9.59 Å². The minimum Gasteiger partial charge on any atom is -0.494 e. The number of fused-ring (bicyclic) bond motifs is 4. The van der Waals surface area contributed by atoms with E-state index in [0.717, 1.165) is 64.4 Å². The highest BCUT2D eigenvalue weighted by molar-refractivity contribution is 6.00. The first-order valence-electron chi connectivity index (χ1n) is 15.8. The van der Waals surface area contributed by atoms with Crippen molar-refractivity contribution in [3.8, 4) is 28.5 Å². The van der Waals surface area contributed by atoms with E-state index >= 15 is 0 Å². The van der Waals surface area contributed by atoms with Crippen LogP contribution < -0.4 is 15.8 Å². The number of carbonyl (C=O) groups excluding carboxylic acids is 2. The highest BCUT2D eigenvalue weighted by atomic mass is 16.5. The minimum absolute atomic E-state index is 0.0690. The van der Waals surface area contributed by atoms with Gasteiger partial charge in [0.15, 0.2) is 5.82 Å². The second-order valence-electron chi connectivity index (χ2n) is 13.0. The maximum atomic E-state index is 13.8. The Morgan fingerprint density at radius 3 is 2.49 bits per heavy atom. The fourth-order valence-electron chi connectivity index (χ4n) is 7.61. The van der Waals surface area contributed by atoms with E-state index in [4.69, 9.17) is 20.4 Å². The number of piperidine rings is 1. The molecule has 3 amide bonds. The summed E-state index contributed by atoms with van der Waals surface area (Å²) in [5.74, 6) is 3.29. The molecule has 3 N–H and O–H groups in total. The van der Waals surface area contributed by atoms with Crippen LogP contribution in [-0.2, 0) is 13.6 Å². The number of carbonyl (C=O) groups is 2. The summed E-state index contributed by atoms with van der Waals surface area (Å²) in [7, 11) is 3.66. The number of rotatable bonds is 7. The van der Waals surface area contributed by atoms with Crippen LogP contribution in [0.5, 0.6) is 5.75 Å². The van der Waals surface area contributed by atoms with Crippen molar-refractivity contribution in [1.29, 1.82) is 0 Å². The van der Waals surface area contributed by atoms with Gasteiger partial charge in [-0.25, -0.2) is 14.8 Å². The van der Waals surface area contributed by atoms with Gasteiger partial charge in [0.1, 0.15) is 16.9 Å². The molecular weight excluding hydrogens is 566 g/mol. The molecule has 10 heteroatoms. The first-order chi connectivity index (χ1) is 21.8. The summed E-state index contributed by atoms with van der Waals surface area (Å²) in [6.07, 6.45) is 4.70. The van der Waals surface area contributed by atoms with Crippen molar-refractivity contribution in [3.05, 3.63) is 60.2 Å². The van der Waals surface area contributed by atoms with Crippen LogP contribution >= 0.6 is 0 Å². The topological polar surface area (TPSA) is 120 Å². The summed E-state index contributed by atoms with van der Waals surface area (Å²) in [4.78, 5) is 37.3. The van der Waals surface area contributed by atoms with Gasteiger partial charge in [-0.05, 0) is 85.9 Å². The molecular formula is C35H37N7O3. The van der Waals surface area contributed by atoms with E-state index in [-0.39, 0.29) is 5.91 Å². The predicted octanol–water partition coefficient (Wildman–Crippen LogP) is 6.04. The van der Waals surface area contributed by atoms with Crippen LogP contribution in [-0.4, -0.2) is 55.6 Å². The fourth-order valence-corrected chi connectivity index (χ4v) is 7.61. The predicted molar refractivity (Wildman–Crippen MR) is 174 cm³/mol. The normalized spacial score (nSPS) is 20.8. The van der Waals surface area contributed by atoms with Crippen LogP contribution in [0, 0.1) is 17.8 Å². The van der Waals surface area contributed by atoms with Gasteiger partial charge in [-0.1, -0.05) is 19.1 Å². The number of anilines is 1. The molecule has 10 nitrogen and oxygen atoms in total. The van der Waals surface area contributed by atoms with Crippen molar-refractivity contribution < 1.29 is 14.3 Å². The lowest BCUT2D eigenvalue weighted by atomic mass is 10.0. The quantitative estimate of drug-likeness (QED) is 0.235. The van der Waals surface area contributed by atoms with Gasteiger partial charge < -0.3 is 29.8 Å². The lowest BCUT2D eigenvalue weighted by molar-refractivity contribution is 0.0696. The van der Waals surface area contributed by atoms with Gasteiger partial charge in [-0.15, -0.1) is 0 Å². The number of imidazole rings is 1. The van der Waals surface area contributed by atoms with Crippen molar-refractivity contribution >= 4 is 39.7 Å². The number of ether oxygens (including phenoxy) is 1. The van der Waals surface area contributed by atoms with Crippen molar-refractivity contribution in [2.75, 3.05) is 19.0 Å². The zero-order chi connectivity index (χ0) is 31.0. The summed E-state index contributed by atoms with van der Waals surface area (Å²) in [6, 6.07) is 17.3. The van der Waals surface area contributed by atoms with E-state index in [0.29, 0.717) is 40.8 Å². The molecule has 8 rings (SSSR count). The molecule has 1 saturated heterocycles. The molecule has 4 heterocycles. The van der Waals surface area contributed by atoms with Crippen molar-refractivity contribution in [1.82, 2.24) is 24.0 Å². The Kier molecular flexibility index (Phi) is 6.37. The van der Waals surface area contributed by atoms with Gasteiger partial charge >= 0.3 is 6.03 Å². The van der Waals surface area contributed by atoms with Crippen LogP contribution in [0.2, 0.25) is 0 Å². The van der Waals surface area contributed by atoms with Crippen molar-refractivity contribution in [2.45, 2.75) is 45.2 Å². The van der Waals surface area contributed by atoms with Crippen molar-refractivity contribution in [3.63, 3.8) is 0 Å². The van der Waals surface area contributed by atoms with E-state index in [2.05, 4.69) is 38.4 Å². The number of likely N-dealkylation sites (tertiary alicyclic amines) is 1. The van der Waals surface area contributed by atoms with Crippen LogP contribution in [0.3, 0.4) is 0 Å². The standard InChI is InChI=1S/C35H37N7O3/c1-19-23-9-13-28(19)42(18-23)34(43)24-14-27-31(30(16-24)45-3)40(2)33(39-27)29-15-22-8-12-26(38-32(22)41(29)17-20-4-5-20)21-6-10-25(11-7-21)37-35(36)44/h6-8,10-12,14-16,19-20,23,28H,4-5,9,13,17-18H2,1-3H3,(H3,36,37,44)/t19-,23?,28?/m1/s1. The van der Waals surface area contributed by atoms with Gasteiger partial charge in [0.25, 0.3) is 5.91 Å². The molecule has 2 saturated carbocycles. The molecule has 2 aromatic carbocycles. The summed E-state index contributed by atoms with van der Waals surface area (Å²) in [5, 5.41) is 3.64. The monoisotopic (exact) mass is 603 g/mol. The smallest absolute Gasteiger partial charge is 0.316 e. The number of hydrogen-bond donors (Lipinski definition) is 2. The third-order valence-corrected chi connectivity index (χ3v) is 10.2. The van der Waals surface area contributed by atoms with Gasteiger partial charge in [0.05, 0.1) is 24.0 Å². The molecule has 3 atom stereocenters. The number of nitrogens with two attached hydrogens (primary N) is 1. The molecule has 45 heavy (non-hydrogen) atoms. The molecule has 5 aromatic rings. The average molecular weight is 604 g/mol. The number of amides is 3. The second-order valence-corrected chi connectivity index (χ2v) is 13.0. The number of pyridine rings is 1. The maximum absolute atomic E-state index is 13.8. The SMILES string of the molecule is COc1cc(C(=O)N2CC3CCC2[C@@H]3C)cc2nc(-c3cc4ccc(-c5ccc(NC(N)=O)cc5)nc4n3CC3CC3)n(C)c12. The Labute approximate surface area is 261 Å². The van der Waals surface area contributed by atoms with Gasteiger partial charge in [-0.3, -0.25) is 4.79 Å². The van der Waals surface area contributed by atoms with E-state index < -0.39 is 6.03 Å². The minimum atomic E-state index is -0.594. The van der Waals surface area contributed by atoms with E-state index in [1.807, 2.05) is 49.5 Å². The second kappa shape index (κ2) is 10.4. The molecule has 2 aliphatic carbocycles. The Morgan fingerprint density at radius 2 is 1.82 bits per heavy atom. The number of methoxy groups -OCH3 is 1. The number of primary amides is 1. The van der Waals surface area contributed by atoms with Gasteiger partial charge in [0, 0.05) is 48.4 Å². The molecule has 2 unspecified atom stereocenters. The number of urea groups is 1. The third-order valence-electron chi connectivity index (χ3n) is 10.2. The van der Waals surface area contributed by atoms with E-state index in [1.54, 1.807) is 7.11 Å². The molecule has 1 aliphatic heterocycles. The first kappa shape index (κ1) is 27.7. The number of benzene rings is 2. The summed E-state index contributed by atoms with van der Waals surface area (Å²) in [5.41, 5.74) is 11.8. The zero-order valence-corrected chi connectivity index (χ0v) is 25.8. The van der Waals surface area contributed by atoms with Gasteiger partial charge in [-0.2, -0.15) is 0 Å². The molecule has 230 valence electrons. The Balaban J connectivity index is 1.20. The highest BCUT2D eigenvalue weighted by Crippen LogP contribution is 2.44. The number of nitrogens with one attached hydrogen (secondary N) is 1. The molecule has 3 aromatic heterocycles. The molecule has 2 bridgehead atoms. The molecule has 3 aliphatic rings. The van der Waals surface area contributed by atoms with E-state index in [1.165, 1.54) is 19.3 Å². The van der Waals surface area contributed by atoms with Crippen LogP contribution in [0.1, 0.15) is 43.0 Å². The number of nitrogens with zero attached hydrogens (tertiary/aromatic N) is 5. The van der Waals surface area contributed by atoms with Crippen molar-refractivity contribution in [2.24, 2.45) is 30.5 Å². The maximum Gasteiger partial charge on any atom is 0.316 e. The number of hydrogen-bond acceptors (Lipinski definition) is 5. The molecule has 0 radical (unpaired) electrons. The third kappa shape index (κ3) is 4.62. The fraction of sp³-hybridized carbons (Fsp3) is 0.371. The Bertz CT molecular complexity index is 1990. The lowest BCUT2D eigenvalue weighted by Crippen LogP contribution is -2.38. The Hall–Kier alpha value is -4.86. The summed E-state index contributed by atoms with van der Waals surface area (Å²) >= 11 is 0. The molecule has 0 spiro atoms. The summed E-state index contributed by atoms with van der Waals surface area (Å²) in [6.45, 7) is 3.97. The van der Waals surface area contributed by atoms with Crippen LogP contribution in [0.25, 0.3) is 44.8 Å². The van der Waals surface area contributed by atoms with Crippen LogP contribution in [0.15, 0.2) is 54.6 Å². The average Bonchev–Trinajstić information content (AvgIpc) is 3.44. The lowest BCUT2D eigenvalue weighted by Gasteiger charge is -2.27. The number of aromatic nitrogens is 4. The summed E-state index contributed by atoms with van der Waals surface area (Å²) < 4.78 is 10.2. The van der Waals surface area contributed by atoms with Crippen LogP contribution in [0.4, 0.5) is 10.5 Å². The largest absolute Gasteiger partial charge is 0.494 e. The van der Waals surface area contributed by atoms with Gasteiger partial charge in [0.2, 0.25) is 0 Å². The zero-order valence-electron chi connectivity index (χ0n) is 25.8. The first-order valence-corrected chi connectivity index (χ1v) is 15.8. The molecule has 3 fully saturated rings. The Morgan fingerprint density at radius 1 is 1.02 bits per heavy atom. The number of aryl methyl sites for hydroxylation is 1.